The van der Waals surface area contributed by atoms with Crippen LogP contribution < -0.4 is 11.5 Å². The largest absolute Gasteiger partial charge is 0.395 e. The van der Waals surface area contributed by atoms with Gasteiger partial charge in [-0.25, -0.2) is 0 Å². The van der Waals surface area contributed by atoms with Crippen molar-refractivity contribution in [1.82, 2.24) is 10.2 Å². The summed E-state index contributed by atoms with van der Waals surface area (Å²) in [5, 5.41) is 8.17. The first kappa shape index (κ1) is 12.2. The van der Waals surface area contributed by atoms with Gasteiger partial charge in [0.25, 0.3) is 0 Å². The molecule has 0 fully saturated rings. The molecule has 3 rings (SSSR count). The van der Waals surface area contributed by atoms with E-state index in [2.05, 4.69) is 10.2 Å². The van der Waals surface area contributed by atoms with Crippen molar-refractivity contribution in [3.05, 3.63) is 60.7 Å². The quantitative estimate of drug-likeness (QED) is 0.744. The van der Waals surface area contributed by atoms with E-state index < -0.39 is 0 Å². The Balaban J connectivity index is 2.29. The van der Waals surface area contributed by atoms with Gasteiger partial charge in [0.15, 0.2) is 5.82 Å². The van der Waals surface area contributed by atoms with Gasteiger partial charge in [-0.05, 0) is 5.56 Å². The molecule has 0 aliphatic heterocycles. The number of anilines is 2. The normalized spacial score (nSPS) is 10.4. The number of hydrogen-bond donors (Lipinski definition) is 2. The molecule has 1 aromatic heterocycles. The van der Waals surface area contributed by atoms with E-state index in [4.69, 9.17) is 11.5 Å². The zero-order chi connectivity index (χ0) is 13.9. The Morgan fingerprint density at radius 3 is 1.80 bits per heavy atom. The van der Waals surface area contributed by atoms with Crippen molar-refractivity contribution in [2.45, 2.75) is 0 Å². The van der Waals surface area contributed by atoms with Gasteiger partial charge in [-0.1, -0.05) is 60.7 Å². The second kappa shape index (κ2) is 5.01. The summed E-state index contributed by atoms with van der Waals surface area (Å²) in [7, 11) is 0. The minimum absolute atomic E-state index is 0.253. The van der Waals surface area contributed by atoms with E-state index in [1.165, 1.54) is 0 Å². The van der Waals surface area contributed by atoms with Crippen molar-refractivity contribution in [2.24, 2.45) is 0 Å². The number of hydrogen-bond acceptors (Lipinski definition) is 4. The van der Waals surface area contributed by atoms with Crippen molar-refractivity contribution in [1.29, 1.82) is 0 Å². The molecular weight excluding hydrogens is 248 g/mol. The molecule has 4 heteroatoms. The lowest BCUT2D eigenvalue weighted by molar-refractivity contribution is 1.05. The maximum Gasteiger partial charge on any atom is 0.169 e. The second-order valence-electron chi connectivity index (χ2n) is 4.45. The summed E-state index contributed by atoms with van der Waals surface area (Å²) in [5.41, 5.74) is 15.9. The molecule has 0 aliphatic rings. The smallest absolute Gasteiger partial charge is 0.169 e. The lowest BCUT2D eigenvalue weighted by Gasteiger charge is -2.12. The van der Waals surface area contributed by atoms with Gasteiger partial charge in [0.2, 0.25) is 0 Å². The van der Waals surface area contributed by atoms with Crippen molar-refractivity contribution < 1.29 is 0 Å². The minimum atomic E-state index is 0.253. The summed E-state index contributed by atoms with van der Waals surface area (Å²) in [4.78, 5) is 0. The van der Waals surface area contributed by atoms with Crippen molar-refractivity contribution in [3.8, 4) is 22.4 Å². The zero-order valence-corrected chi connectivity index (χ0v) is 10.8. The van der Waals surface area contributed by atoms with E-state index in [1.54, 1.807) is 0 Å². The van der Waals surface area contributed by atoms with Gasteiger partial charge in [-0.3, -0.25) is 0 Å². The zero-order valence-electron chi connectivity index (χ0n) is 10.8. The average Bonchev–Trinajstić information content (AvgIpc) is 2.51. The fourth-order valence-electron chi connectivity index (χ4n) is 2.16. The highest BCUT2D eigenvalue weighted by molar-refractivity contribution is 5.92. The average molecular weight is 262 g/mol. The lowest BCUT2D eigenvalue weighted by Crippen LogP contribution is -2.04. The number of nitrogen functional groups attached to an aromatic ring is 2. The van der Waals surface area contributed by atoms with E-state index in [9.17, 15) is 0 Å². The van der Waals surface area contributed by atoms with Crippen LogP contribution in [-0.4, -0.2) is 10.2 Å². The Morgan fingerprint density at radius 1 is 0.650 bits per heavy atom. The predicted molar refractivity (Wildman–Crippen MR) is 81.7 cm³/mol. The summed E-state index contributed by atoms with van der Waals surface area (Å²) < 4.78 is 0. The van der Waals surface area contributed by atoms with Crippen LogP contribution in [0.2, 0.25) is 0 Å². The highest BCUT2D eigenvalue weighted by atomic mass is 15.1. The lowest BCUT2D eigenvalue weighted by atomic mass is 9.98. The van der Waals surface area contributed by atoms with E-state index in [0.29, 0.717) is 5.69 Å². The van der Waals surface area contributed by atoms with Crippen LogP contribution in [0.15, 0.2) is 60.7 Å². The Hall–Kier alpha value is -2.88. The third-order valence-electron chi connectivity index (χ3n) is 3.15. The van der Waals surface area contributed by atoms with E-state index in [0.717, 1.165) is 22.4 Å². The van der Waals surface area contributed by atoms with Crippen molar-refractivity contribution >= 4 is 11.5 Å². The Bertz CT molecular complexity index is 724. The van der Waals surface area contributed by atoms with Crippen LogP contribution >= 0.6 is 0 Å². The van der Waals surface area contributed by atoms with Gasteiger partial charge < -0.3 is 11.5 Å². The predicted octanol–water partition coefficient (Wildman–Crippen LogP) is 2.98. The first-order chi connectivity index (χ1) is 9.77. The van der Waals surface area contributed by atoms with Crippen molar-refractivity contribution in [2.75, 3.05) is 11.5 Å². The molecule has 3 aromatic rings. The van der Waals surface area contributed by atoms with Gasteiger partial charge in [0.05, 0.1) is 5.69 Å². The van der Waals surface area contributed by atoms with E-state index in [1.807, 2.05) is 60.7 Å². The summed E-state index contributed by atoms with van der Waals surface area (Å²) in [6.07, 6.45) is 0. The molecular formula is C16H14N4. The van der Waals surface area contributed by atoms with Crippen LogP contribution in [0.5, 0.6) is 0 Å². The van der Waals surface area contributed by atoms with Crippen molar-refractivity contribution in [3.63, 3.8) is 0 Å². The first-order valence-corrected chi connectivity index (χ1v) is 6.30. The van der Waals surface area contributed by atoms with Gasteiger partial charge >= 0.3 is 0 Å². The summed E-state index contributed by atoms with van der Waals surface area (Å²) >= 11 is 0. The third-order valence-corrected chi connectivity index (χ3v) is 3.15. The fourth-order valence-corrected chi connectivity index (χ4v) is 2.16. The summed E-state index contributed by atoms with van der Waals surface area (Å²) in [6, 6.07) is 19.7. The maximum atomic E-state index is 6.13. The van der Waals surface area contributed by atoms with Gasteiger partial charge in [0, 0.05) is 11.1 Å². The summed E-state index contributed by atoms with van der Waals surface area (Å²) in [6.45, 7) is 0. The maximum absolute atomic E-state index is 6.13. The highest BCUT2D eigenvalue weighted by Gasteiger charge is 2.15. The number of benzene rings is 2. The molecule has 4 nitrogen and oxygen atoms in total. The number of aromatic nitrogens is 2. The highest BCUT2D eigenvalue weighted by Crippen LogP contribution is 2.36. The Labute approximate surface area is 117 Å². The molecule has 0 atom stereocenters. The molecule has 0 saturated carbocycles. The summed E-state index contributed by atoms with van der Waals surface area (Å²) in [5.74, 6) is 0.253. The fraction of sp³-hybridized carbons (Fsp3) is 0. The van der Waals surface area contributed by atoms with Crippen LogP contribution in [0.1, 0.15) is 0 Å². The van der Waals surface area contributed by atoms with Crippen LogP contribution in [0, 0.1) is 0 Å². The molecule has 0 spiro atoms. The molecule has 2 aromatic carbocycles. The molecule has 1 heterocycles. The molecule has 0 radical (unpaired) electrons. The van der Waals surface area contributed by atoms with E-state index >= 15 is 0 Å². The van der Waals surface area contributed by atoms with Gasteiger partial charge in [-0.2, -0.15) is 0 Å². The molecule has 0 unspecified atom stereocenters. The van der Waals surface area contributed by atoms with Gasteiger partial charge in [0.1, 0.15) is 5.69 Å². The second-order valence-corrected chi connectivity index (χ2v) is 4.45. The van der Waals surface area contributed by atoms with Crippen LogP contribution in [0.25, 0.3) is 22.4 Å². The third kappa shape index (κ3) is 2.07. The Kier molecular flexibility index (Phi) is 3.05. The molecule has 0 aliphatic carbocycles. The van der Waals surface area contributed by atoms with Crippen LogP contribution in [0.4, 0.5) is 11.5 Å². The number of rotatable bonds is 2. The molecule has 98 valence electrons. The first-order valence-electron chi connectivity index (χ1n) is 6.30. The molecule has 0 bridgehead atoms. The topological polar surface area (TPSA) is 77.8 Å². The molecule has 20 heavy (non-hydrogen) atoms. The van der Waals surface area contributed by atoms with E-state index in [-0.39, 0.29) is 5.82 Å². The molecule has 4 N–H and O–H groups in total. The molecule has 0 amide bonds. The number of nitrogens with zero attached hydrogens (tertiary/aromatic N) is 2. The Morgan fingerprint density at radius 2 is 1.20 bits per heavy atom. The van der Waals surface area contributed by atoms with Gasteiger partial charge in [-0.15, -0.1) is 10.2 Å². The van der Waals surface area contributed by atoms with Crippen LogP contribution in [-0.2, 0) is 0 Å². The van der Waals surface area contributed by atoms with Crippen LogP contribution in [0.3, 0.4) is 0 Å². The monoisotopic (exact) mass is 262 g/mol. The standard InChI is InChI=1S/C16H14N4/c17-14-13(11-7-3-1-4-8-11)15(19-20-16(14)18)12-9-5-2-6-10-12/h1-10H,(H2,17,19)(H2,18,20). The SMILES string of the molecule is Nc1nnc(-c2ccccc2)c(-c2ccccc2)c1N. The number of nitrogens with two attached hydrogens (primary N) is 2. The molecule has 0 saturated heterocycles. The minimum Gasteiger partial charge on any atom is -0.395 e.